The Labute approximate surface area is 180 Å². The molecule has 1 heterocycles. The minimum Gasteiger partial charge on any atom is -0.256 e. The lowest BCUT2D eigenvalue weighted by atomic mass is 10.0. The monoisotopic (exact) mass is 393 g/mol. The van der Waals surface area contributed by atoms with Crippen LogP contribution >= 0.6 is 0 Å². The van der Waals surface area contributed by atoms with Gasteiger partial charge in [-0.15, -0.1) is 0 Å². The second-order valence-corrected chi connectivity index (χ2v) is 8.64. The van der Waals surface area contributed by atoms with Crippen molar-refractivity contribution in [1.29, 1.82) is 0 Å². The Morgan fingerprint density at radius 3 is 1.52 bits per heavy atom. The van der Waals surface area contributed by atoms with E-state index in [2.05, 4.69) is 56.4 Å². The standard InChI is InChI=1S/C28H43N/c1-3-5-7-9-11-13-14-16-25-18-21-27(22-19-25)28-23-20-26(24-29-28)17-15-12-10-8-6-4-2/h18-24H,3-17H2,1-2H3. The first-order valence-corrected chi connectivity index (χ1v) is 12.4. The second-order valence-electron chi connectivity index (χ2n) is 8.64. The van der Waals surface area contributed by atoms with E-state index >= 15 is 0 Å². The van der Waals surface area contributed by atoms with Crippen molar-refractivity contribution in [2.75, 3.05) is 0 Å². The van der Waals surface area contributed by atoms with Gasteiger partial charge in [-0.1, -0.05) is 115 Å². The molecule has 1 nitrogen and oxygen atoms in total. The molecule has 0 aliphatic carbocycles. The fraction of sp³-hybridized carbons (Fsp3) is 0.607. The van der Waals surface area contributed by atoms with Crippen LogP contribution in [0.25, 0.3) is 11.3 Å². The van der Waals surface area contributed by atoms with E-state index in [1.54, 1.807) is 0 Å². The van der Waals surface area contributed by atoms with Gasteiger partial charge in [-0.2, -0.15) is 0 Å². The molecule has 0 N–H and O–H groups in total. The van der Waals surface area contributed by atoms with E-state index in [1.807, 2.05) is 0 Å². The van der Waals surface area contributed by atoms with Gasteiger partial charge in [-0.05, 0) is 42.9 Å². The summed E-state index contributed by atoms with van der Waals surface area (Å²) in [5.41, 5.74) is 5.17. The molecular formula is C28H43N. The zero-order valence-electron chi connectivity index (χ0n) is 19.1. The molecule has 1 aromatic heterocycles. The summed E-state index contributed by atoms with van der Waals surface area (Å²) in [7, 11) is 0. The van der Waals surface area contributed by atoms with E-state index in [1.165, 1.54) is 107 Å². The second kappa shape index (κ2) is 15.2. The van der Waals surface area contributed by atoms with Crippen LogP contribution in [0.3, 0.4) is 0 Å². The van der Waals surface area contributed by atoms with Crippen LogP contribution in [0, 0.1) is 0 Å². The number of unbranched alkanes of at least 4 members (excludes halogenated alkanes) is 11. The molecule has 29 heavy (non-hydrogen) atoms. The summed E-state index contributed by atoms with van der Waals surface area (Å²) in [6.45, 7) is 4.56. The highest BCUT2D eigenvalue weighted by Gasteiger charge is 2.02. The van der Waals surface area contributed by atoms with Gasteiger partial charge in [0.25, 0.3) is 0 Å². The van der Waals surface area contributed by atoms with Gasteiger partial charge in [0.05, 0.1) is 5.69 Å². The largest absolute Gasteiger partial charge is 0.256 e. The molecule has 1 aromatic carbocycles. The molecule has 0 saturated carbocycles. The van der Waals surface area contributed by atoms with E-state index in [0.717, 1.165) is 12.1 Å². The predicted octanol–water partition coefficient (Wildman–Crippen LogP) is 8.94. The van der Waals surface area contributed by atoms with Crippen molar-refractivity contribution in [2.24, 2.45) is 0 Å². The third kappa shape index (κ3) is 10.1. The Balaban J connectivity index is 1.68. The van der Waals surface area contributed by atoms with Crippen LogP contribution in [0.15, 0.2) is 42.6 Å². The molecule has 0 spiro atoms. The Hall–Kier alpha value is -1.63. The van der Waals surface area contributed by atoms with E-state index in [4.69, 9.17) is 4.98 Å². The first kappa shape index (κ1) is 23.6. The summed E-state index contributed by atoms with van der Waals surface area (Å²) in [5, 5.41) is 0. The molecule has 0 radical (unpaired) electrons. The maximum absolute atomic E-state index is 4.72. The van der Waals surface area contributed by atoms with Gasteiger partial charge >= 0.3 is 0 Å². The molecule has 2 aromatic rings. The van der Waals surface area contributed by atoms with Crippen molar-refractivity contribution in [3.05, 3.63) is 53.7 Å². The van der Waals surface area contributed by atoms with Crippen molar-refractivity contribution < 1.29 is 0 Å². The van der Waals surface area contributed by atoms with Crippen molar-refractivity contribution in [3.63, 3.8) is 0 Å². The summed E-state index contributed by atoms with van der Waals surface area (Å²) in [4.78, 5) is 4.72. The average molecular weight is 394 g/mol. The highest BCUT2D eigenvalue weighted by Crippen LogP contribution is 2.20. The minimum absolute atomic E-state index is 1.10. The predicted molar refractivity (Wildman–Crippen MR) is 128 cm³/mol. The lowest BCUT2D eigenvalue weighted by molar-refractivity contribution is 0.589. The Morgan fingerprint density at radius 1 is 0.517 bits per heavy atom. The molecule has 0 saturated heterocycles. The SMILES string of the molecule is CCCCCCCCCc1ccc(-c2ccc(CCCCCCCC)cn2)cc1. The maximum Gasteiger partial charge on any atom is 0.0702 e. The highest BCUT2D eigenvalue weighted by atomic mass is 14.7. The summed E-state index contributed by atoms with van der Waals surface area (Å²) < 4.78 is 0. The minimum atomic E-state index is 1.10. The van der Waals surface area contributed by atoms with E-state index in [0.29, 0.717) is 0 Å². The lowest BCUT2D eigenvalue weighted by Crippen LogP contribution is -1.91. The molecule has 0 aliphatic heterocycles. The molecule has 0 atom stereocenters. The highest BCUT2D eigenvalue weighted by molar-refractivity contribution is 5.59. The molecule has 0 fully saturated rings. The lowest BCUT2D eigenvalue weighted by Gasteiger charge is -2.06. The van der Waals surface area contributed by atoms with E-state index < -0.39 is 0 Å². The summed E-state index contributed by atoms with van der Waals surface area (Å²) in [6, 6.07) is 13.5. The number of pyridine rings is 1. The third-order valence-electron chi connectivity index (χ3n) is 5.96. The molecule has 0 amide bonds. The molecule has 0 unspecified atom stereocenters. The number of aryl methyl sites for hydroxylation is 2. The van der Waals surface area contributed by atoms with E-state index in [-0.39, 0.29) is 0 Å². The van der Waals surface area contributed by atoms with Crippen molar-refractivity contribution >= 4 is 0 Å². The number of rotatable bonds is 16. The van der Waals surface area contributed by atoms with Crippen molar-refractivity contribution in [3.8, 4) is 11.3 Å². The van der Waals surface area contributed by atoms with Gasteiger partial charge in [0.2, 0.25) is 0 Å². The topological polar surface area (TPSA) is 12.9 Å². The third-order valence-corrected chi connectivity index (χ3v) is 5.96. The maximum atomic E-state index is 4.72. The quantitative estimate of drug-likeness (QED) is 0.259. The van der Waals surface area contributed by atoms with Gasteiger partial charge < -0.3 is 0 Å². The number of aromatic nitrogens is 1. The number of hydrogen-bond acceptors (Lipinski definition) is 1. The zero-order chi connectivity index (χ0) is 20.6. The van der Waals surface area contributed by atoms with Gasteiger partial charge in [0.15, 0.2) is 0 Å². The van der Waals surface area contributed by atoms with Crippen LogP contribution in [0.1, 0.15) is 108 Å². The molecule has 0 aliphatic rings. The fourth-order valence-electron chi connectivity index (χ4n) is 3.98. The number of hydrogen-bond donors (Lipinski definition) is 0. The van der Waals surface area contributed by atoms with Crippen LogP contribution in [-0.2, 0) is 12.8 Å². The van der Waals surface area contributed by atoms with Crippen LogP contribution < -0.4 is 0 Å². The van der Waals surface area contributed by atoms with Crippen LogP contribution in [0.5, 0.6) is 0 Å². The van der Waals surface area contributed by atoms with Crippen molar-refractivity contribution in [1.82, 2.24) is 4.98 Å². The van der Waals surface area contributed by atoms with Crippen LogP contribution in [0.2, 0.25) is 0 Å². The van der Waals surface area contributed by atoms with Gasteiger partial charge in [0.1, 0.15) is 0 Å². The first-order chi connectivity index (χ1) is 14.3. The first-order valence-electron chi connectivity index (χ1n) is 12.4. The fourth-order valence-corrected chi connectivity index (χ4v) is 3.98. The molecule has 1 heteroatoms. The normalized spacial score (nSPS) is 11.1. The molecule has 160 valence electrons. The molecular weight excluding hydrogens is 350 g/mol. The molecule has 0 bridgehead atoms. The summed E-state index contributed by atoms with van der Waals surface area (Å²) >= 11 is 0. The Bertz CT molecular complexity index is 626. The zero-order valence-corrected chi connectivity index (χ0v) is 19.1. The van der Waals surface area contributed by atoms with Gasteiger partial charge in [-0.3, -0.25) is 4.98 Å². The number of nitrogens with zero attached hydrogens (tertiary/aromatic N) is 1. The van der Waals surface area contributed by atoms with Crippen LogP contribution in [0.4, 0.5) is 0 Å². The van der Waals surface area contributed by atoms with E-state index in [9.17, 15) is 0 Å². The Kier molecular flexibility index (Phi) is 12.4. The van der Waals surface area contributed by atoms with Gasteiger partial charge in [0, 0.05) is 11.8 Å². The Morgan fingerprint density at radius 2 is 1.00 bits per heavy atom. The average Bonchev–Trinajstić information content (AvgIpc) is 2.76. The summed E-state index contributed by atoms with van der Waals surface area (Å²) in [5.74, 6) is 0. The molecule has 2 rings (SSSR count). The summed E-state index contributed by atoms with van der Waals surface area (Å²) in [6.07, 6.45) is 22.2. The smallest absolute Gasteiger partial charge is 0.0702 e. The van der Waals surface area contributed by atoms with Crippen molar-refractivity contribution in [2.45, 2.75) is 110 Å². The van der Waals surface area contributed by atoms with Gasteiger partial charge in [-0.25, -0.2) is 0 Å². The number of benzene rings is 1. The van der Waals surface area contributed by atoms with Crippen LogP contribution in [-0.4, -0.2) is 4.98 Å².